The molecule has 8 N–H and O–H groups in total. The first-order valence-electron chi connectivity index (χ1n) is 13.8. The smallest absolute Gasteiger partial charge is 0.217 e. The lowest BCUT2D eigenvalue weighted by molar-refractivity contribution is -0.219. The van der Waals surface area contributed by atoms with Crippen LogP contribution in [0.15, 0.2) is 12.4 Å². The predicted molar refractivity (Wildman–Crippen MR) is 141 cm³/mol. The number of ether oxygens (including phenoxy) is 4. The quantitative estimate of drug-likeness (QED) is 0.0960. The molecule has 2 amide bonds. The lowest BCUT2D eigenvalue weighted by Crippen LogP contribution is -2.62. The highest BCUT2D eigenvalue weighted by atomic mass is 16.6. The van der Waals surface area contributed by atoms with Crippen LogP contribution in [0.4, 0.5) is 0 Å². The van der Waals surface area contributed by atoms with Gasteiger partial charge in [0.25, 0.3) is 0 Å². The molecule has 2 aromatic heterocycles. The number of hydrogen-bond donors (Lipinski definition) is 8. The monoisotopic (exact) mass is 630 g/mol. The SMILES string of the molecule is CC(=O)N[C@@H]1[C@@H](O)[C@H](O)[C@@H](CO)O[C@H]1n1cc(COCCOCc2cn([C@@H]3O[C@H](CO)[C@@H](O)[C@H](O)[C@H]3NC(C)=O)nn2)nn1. The van der Waals surface area contributed by atoms with Crippen molar-refractivity contribution in [1.82, 2.24) is 40.6 Å². The minimum Gasteiger partial charge on any atom is -0.394 e. The maximum atomic E-state index is 11.6. The first kappa shape index (κ1) is 33.7. The summed E-state index contributed by atoms with van der Waals surface area (Å²) in [6.07, 6.45) is -7.05. The molecule has 2 aliphatic heterocycles. The molecule has 2 aromatic rings. The molecule has 0 unspecified atom stereocenters. The van der Waals surface area contributed by atoms with Crippen LogP contribution in [0.25, 0.3) is 0 Å². The minimum atomic E-state index is -1.43. The van der Waals surface area contributed by atoms with Crippen molar-refractivity contribution in [3.05, 3.63) is 23.8 Å². The van der Waals surface area contributed by atoms with E-state index in [1.807, 2.05) is 0 Å². The van der Waals surface area contributed by atoms with E-state index in [1.165, 1.54) is 35.6 Å². The van der Waals surface area contributed by atoms with Gasteiger partial charge in [0.1, 0.15) is 60.1 Å². The molecule has 0 aliphatic carbocycles. The maximum absolute atomic E-state index is 11.6. The lowest BCUT2D eigenvalue weighted by atomic mass is 9.96. The Balaban J connectivity index is 1.25. The molecule has 20 nitrogen and oxygen atoms in total. The van der Waals surface area contributed by atoms with Gasteiger partial charge < -0.3 is 60.2 Å². The molecule has 0 radical (unpaired) electrons. The molecule has 4 heterocycles. The summed E-state index contributed by atoms with van der Waals surface area (Å²) in [6.45, 7) is 1.76. The zero-order valence-electron chi connectivity index (χ0n) is 24.0. The van der Waals surface area contributed by atoms with Gasteiger partial charge in [0.15, 0.2) is 12.5 Å². The molecule has 10 atom stereocenters. The average molecular weight is 631 g/mol. The number of nitrogens with one attached hydrogen (secondary N) is 2. The summed E-state index contributed by atoms with van der Waals surface area (Å²) in [5.74, 6) is -0.928. The first-order valence-corrected chi connectivity index (χ1v) is 13.8. The van der Waals surface area contributed by atoms with E-state index in [0.717, 1.165) is 0 Å². The fourth-order valence-electron chi connectivity index (χ4n) is 4.91. The van der Waals surface area contributed by atoms with Crippen molar-refractivity contribution in [2.75, 3.05) is 26.4 Å². The molecule has 4 rings (SSSR count). The zero-order chi connectivity index (χ0) is 32.0. The Morgan fingerprint density at radius 3 is 1.48 bits per heavy atom. The molecule has 246 valence electrons. The van der Waals surface area contributed by atoms with E-state index < -0.39 is 86.2 Å². The summed E-state index contributed by atoms with van der Waals surface area (Å²) in [6, 6.07) is -2.11. The van der Waals surface area contributed by atoms with E-state index in [9.17, 15) is 40.2 Å². The van der Waals surface area contributed by atoms with Crippen molar-refractivity contribution in [2.24, 2.45) is 0 Å². The third-order valence-electron chi connectivity index (χ3n) is 7.05. The van der Waals surface area contributed by atoms with Crippen LogP contribution < -0.4 is 10.6 Å². The Morgan fingerprint density at radius 2 is 1.14 bits per heavy atom. The Hall–Kier alpha value is -3.18. The number of carbonyl (C=O) groups is 2. The molecular weight excluding hydrogens is 592 g/mol. The van der Waals surface area contributed by atoms with Crippen molar-refractivity contribution < 1.29 is 59.2 Å². The Bertz CT molecular complexity index is 1140. The summed E-state index contributed by atoms with van der Waals surface area (Å²) in [5.41, 5.74) is 0.794. The van der Waals surface area contributed by atoms with Crippen LogP contribution in [0.2, 0.25) is 0 Å². The molecule has 2 fully saturated rings. The van der Waals surface area contributed by atoms with E-state index in [4.69, 9.17) is 18.9 Å². The maximum Gasteiger partial charge on any atom is 0.217 e. The summed E-state index contributed by atoms with van der Waals surface area (Å²) < 4.78 is 25.0. The highest BCUT2D eigenvalue weighted by molar-refractivity contribution is 5.73. The van der Waals surface area contributed by atoms with Crippen LogP contribution >= 0.6 is 0 Å². The summed E-state index contributed by atoms with van der Waals surface area (Å²) in [7, 11) is 0. The first-order chi connectivity index (χ1) is 21.0. The number of hydrogen-bond acceptors (Lipinski definition) is 16. The molecule has 20 heteroatoms. The number of rotatable bonds is 13. The van der Waals surface area contributed by atoms with Crippen molar-refractivity contribution in [3.8, 4) is 0 Å². The third-order valence-corrected chi connectivity index (χ3v) is 7.05. The van der Waals surface area contributed by atoms with Gasteiger partial charge in [-0.1, -0.05) is 10.4 Å². The normalized spacial score (nSPS) is 32.4. The highest BCUT2D eigenvalue weighted by Crippen LogP contribution is 2.29. The largest absolute Gasteiger partial charge is 0.394 e. The molecular formula is C24H38N8O12. The minimum absolute atomic E-state index is 0.0371. The van der Waals surface area contributed by atoms with Crippen LogP contribution in [0.5, 0.6) is 0 Å². The topological polar surface area (TPSA) is 278 Å². The molecule has 0 bridgehead atoms. The van der Waals surface area contributed by atoms with Gasteiger partial charge in [-0.2, -0.15) is 0 Å². The van der Waals surface area contributed by atoms with Gasteiger partial charge in [-0.3, -0.25) is 9.59 Å². The van der Waals surface area contributed by atoms with Crippen molar-refractivity contribution in [2.45, 2.75) is 88.2 Å². The average Bonchev–Trinajstić information content (AvgIpc) is 3.66. The standard InChI is InChI=1S/C24H38N8O12/c1-11(35)25-17-21(39)19(37)15(7-33)43-23(17)31-5-13(27-29-31)9-41-3-4-42-10-14-6-32(30-28-14)24-18(26-12(2)36)22(40)20(38)16(8-34)44-24/h5-6,15-24,33-34,37-40H,3-4,7-10H2,1-2H3,(H,25,35)(H,26,36)/t15-,16-,17-,18-,19-,20-,21-,22-,23-,24-/m1/s1. The summed E-state index contributed by atoms with van der Waals surface area (Å²) >= 11 is 0. The second-order valence-electron chi connectivity index (χ2n) is 10.4. The summed E-state index contributed by atoms with van der Waals surface area (Å²) in [4.78, 5) is 23.3. The number of amides is 2. The van der Waals surface area contributed by atoms with Gasteiger partial charge in [0.2, 0.25) is 11.8 Å². The van der Waals surface area contributed by atoms with Crippen LogP contribution in [-0.2, 0) is 41.8 Å². The predicted octanol–water partition coefficient (Wildman–Crippen LogP) is -5.16. The zero-order valence-corrected chi connectivity index (χ0v) is 24.0. The fourth-order valence-corrected chi connectivity index (χ4v) is 4.91. The molecule has 0 aromatic carbocycles. The van der Waals surface area contributed by atoms with Crippen molar-refractivity contribution in [3.63, 3.8) is 0 Å². The van der Waals surface area contributed by atoms with Crippen LogP contribution in [-0.4, -0.2) is 148 Å². The highest BCUT2D eigenvalue weighted by Gasteiger charge is 2.47. The second kappa shape index (κ2) is 15.2. The van der Waals surface area contributed by atoms with Crippen molar-refractivity contribution in [1.29, 1.82) is 0 Å². The molecule has 2 aliphatic rings. The van der Waals surface area contributed by atoms with E-state index in [2.05, 4.69) is 31.3 Å². The summed E-state index contributed by atoms with van der Waals surface area (Å²) in [5, 5.41) is 81.3. The molecule has 0 spiro atoms. The fraction of sp³-hybridized carbons (Fsp3) is 0.750. The van der Waals surface area contributed by atoms with E-state index in [0.29, 0.717) is 11.4 Å². The third kappa shape index (κ3) is 7.90. The Kier molecular flexibility index (Phi) is 11.6. The van der Waals surface area contributed by atoms with Gasteiger partial charge in [0, 0.05) is 13.8 Å². The van der Waals surface area contributed by atoms with Gasteiger partial charge in [-0.25, -0.2) is 9.36 Å². The van der Waals surface area contributed by atoms with Crippen molar-refractivity contribution >= 4 is 11.8 Å². The van der Waals surface area contributed by atoms with E-state index >= 15 is 0 Å². The number of aliphatic hydroxyl groups excluding tert-OH is 6. The van der Waals surface area contributed by atoms with E-state index in [1.54, 1.807) is 0 Å². The Morgan fingerprint density at radius 1 is 0.750 bits per heavy atom. The van der Waals surface area contributed by atoms with Crippen LogP contribution in [0.3, 0.4) is 0 Å². The van der Waals surface area contributed by atoms with E-state index in [-0.39, 0.29) is 26.4 Å². The van der Waals surface area contributed by atoms with Gasteiger partial charge >= 0.3 is 0 Å². The number of carbonyl (C=O) groups excluding carboxylic acids is 2. The molecule has 0 saturated carbocycles. The number of aromatic nitrogens is 6. The molecule has 2 saturated heterocycles. The molecule has 44 heavy (non-hydrogen) atoms. The van der Waals surface area contributed by atoms with Gasteiger partial charge in [-0.15, -0.1) is 10.2 Å². The Labute approximate surface area is 250 Å². The lowest BCUT2D eigenvalue weighted by Gasteiger charge is -2.42. The second-order valence-corrected chi connectivity index (χ2v) is 10.4. The van der Waals surface area contributed by atoms with Gasteiger partial charge in [0.05, 0.1) is 52.0 Å². The number of nitrogens with zero attached hydrogens (tertiary/aromatic N) is 6. The van der Waals surface area contributed by atoms with Crippen LogP contribution in [0.1, 0.15) is 37.7 Å². The number of aliphatic hydroxyl groups is 6. The van der Waals surface area contributed by atoms with Crippen LogP contribution in [0, 0.1) is 0 Å². The van der Waals surface area contributed by atoms with Gasteiger partial charge in [-0.05, 0) is 0 Å².